The highest BCUT2D eigenvalue weighted by Crippen LogP contribution is 2.22. The van der Waals surface area contributed by atoms with Gasteiger partial charge >= 0.3 is 0 Å². The van der Waals surface area contributed by atoms with Crippen LogP contribution in [0.1, 0.15) is 36.6 Å². The number of aromatic nitrogens is 1. The molecule has 0 N–H and O–H groups in total. The van der Waals surface area contributed by atoms with Crippen molar-refractivity contribution in [1.82, 2.24) is 4.98 Å². The molecule has 0 aliphatic carbocycles. The van der Waals surface area contributed by atoms with E-state index in [4.69, 9.17) is 0 Å². The summed E-state index contributed by atoms with van der Waals surface area (Å²) in [6.07, 6.45) is 0. The molecule has 1 amide bonds. The summed E-state index contributed by atoms with van der Waals surface area (Å²) in [5.41, 5.74) is 3.09. The van der Waals surface area contributed by atoms with Gasteiger partial charge in [-0.25, -0.2) is 4.98 Å². The third-order valence-corrected chi connectivity index (χ3v) is 3.61. The van der Waals surface area contributed by atoms with Gasteiger partial charge in [0.05, 0.1) is 5.92 Å². The Morgan fingerprint density at radius 1 is 1.19 bits per heavy atom. The number of amides is 1. The molecule has 0 radical (unpaired) electrons. The fourth-order valence-electron chi connectivity index (χ4n) is 2.51. The van der Waals surface area contributed by atoms with Crippen LogP contribution in [0.5, 0.6) is 0 Å². The van der Waals surface area contributed by atoms with E-state index in [2.05, 4.69) is 4.98 Å². The zero-order valence-corrected chi connectivity index (χ0v) is 13.1. The lowest BCUT2D eigenvalue weighted by molar-refractivity contribution is -0.119. The summed E-state index contributed by atoms with van der Waals surface area (Å²) >= 11 is 0. The second-order valence-corrected chi connectivity index (χ2v) is 5.36. The summed E-state index contributed by atoms with van der Waals surface area (Å²) in [7, 11) is 0. The predicted molar refractivity (Wildman–Crippen MR) is 86.6 cm³/mol. The van der Waals surface area contributed by atoms with E-state index in [9.17, 15) is 4.79 Å². The molecule has 3 nitrogen and oxygen atoms in total. The Morgan fingerprint density at radius 2 is 1.86 bits per heavy atom. The van der Waals surface area contributed by atoms with Crippen LogP contribution in [0.15, 0.2) is 42.5 Å². The van der Waals surface area contributed by atoms with E-state index in [1.54, 1.807) is 4.90 Å². The van der Waals surface area contributed by atoms with Gasteiger partial charge in [0.2, 0.25) is 5.91 Å². The molecular weight excluding hydrogens is 260 g/mol. The molecule has 2 rings (SSSR count). The van der Waals surface area contributed by atoms with Gasteiger partial charge in [-0.1, -0.05) is 30.3 Å². The molecule has 0 aliphatic rings. The standard InChI is InChI=1S/C18H22N2O/c1-5-20(17-12-13(2)11-14(3)19-17)18(21)15(4)16-9-7-6-8-10-16/h6-12,15H,5H2,1-4H3. The van der Waals surface area contributed by atoms with E-state index in [0.29, 0.717) is 6.54 Å². The zero-order valence-electron chi connectivity index (χ0n) is 13.1. The summed E-state index contributed by atoms with van der Waals surface area (Å²) in [6, 6.07) is 13.9. The van der Waals surface area contributed by atoms with E-state index in [-0.39, 0.29) is 11.8 Å². The Kier molecular flexibility index (Phi) is 4.73. The van der Waals surface area contributed by atoms with Crippen molar-refractivity contribution < 1.29 is 4.79 Å². The van der Waals surface area contributed by atoms with Crippen molar-refractivity contribution in [1.29, 1.82) is 0 Å². The number of carbonyl (C=O) groups excluding carboxylic acids is 1. The molecule has 0 saturated heterocycles. The first kappa shape index (κ1) is 15.2. The lowest BCUT2D eigenvalue weighted by atomic mass is 10.00. The molecule has 0 fully saturated rings. The van der Waals surface area contributed by atoms with Crippen LogP contribution in [0.4, 0.5) is 5.82 Å². The minimum atomic E-state index is -0.172. The van der Waals surface area contributed by atoms with E-state index < -0.39 is 0 Å². The van der Waals surface area contributed by atoms with Crippen LogP contribution in [-0.4, -0.2) is 17.4 Å². The van der Waals surface area contributed by atoms with Crippen molar-refractivity contribution in [3.05, 3.63) is 59.3 Å². The van der Waals surface area contributed by atoms with Gasteiger partial charge < -0.3 is 0 Å². The lowest BCUT2D eigenvalue weighted by Crippen LogP contribution is -2.35. The number of rotatable bonds is 4. The molecule has 1 atom stereocenters. The van der Waals surface area contributed by atoms with Crippen molar-refractivity contribution in [2.75, 3.05) is 11.4 Å². The molecule has 3 heteroatoms. The molecule has 0 bridgehead atoms. The van der Waals surface area contributed by atoms with Gasteiger partial charge in [0, 0.05) is 12.2 Å². The van der Waals surface area contributed by atoms with Gasteiger partial charge in [0.15, 0.2) is 0 Å². The third kappa shape index (κ3) is 3.48. The highest BCUT2D eigenvalue weighted by Gasteiger charge is 2.23. The molecular formula is C18H22N2O. The fraction of sp³-hybridized carbons (Fsp3) is 0.333. The summed E-state index contributed by atoms with van der Waals surface area (Å²) < 4.78 is 0. The number of aryl methyl sites for hydroxylation is 2. The van der Waals surface area contributed by atoms with Crippen molar-refractivity contribution in [3.8, 4) is 0 Å². The van der Waals surface area contributed by atoms with Gasteiger partial charge in [-0.2, -0.15) is 0 Å². The van der Waals surface area contributed by atoms with Gasteiger partial charge in [0.1, 0.15) is 5.82 Å². The number of hydrogen-bond donors (Lipinski definition) is 0. The van der Waals surface area contributed by atoms with Crippen molar-refractivity contribution >= 4 is 11.7 Å². The number of pyridine rings is 1. The Bertz CT molecular complexity index is 602. The van der Waals surface area contributed by atoms with E-state index in [0.717, 1.165) is 22.6 Å². The first-order valence-corrected chi connectivity index (χ1v) is 7.34. The Morgan fingerprint density at radius 3 is 2.43 bits per heavy atom. The van der Waals surface area contributed by atoms with Crippen LogP contribution in [-0.2, 0) is 4.79 Å². The predicted octanol–water partition coefficient (Wildman–Crippen LogP) is 3.86. The number of nitrogens with zero attached hydrogens (tertiary/aromatic N) is 2. The average molecular weight is 282 g/mol. The quantitative estimate of drug-likeness (QED) is 0.853. The van der Waals surface area contributed by atoms with Crippen LogP contribution in [0.2, 0.25) is 0 Å². The number of anilines is 1. The van der Waals surface area contributed by atoms with E-state index in [1.165, 1.54) is 0 Å². The average Bonchev–Trinajstić information content (AvgIpc) is 2.47. The molecule has 110 valence electrons. The van der Waals surface area contributed by atoms with Crippen LogP contribution in [0, 0.1) is 13.8 Å². The minimum absolute atomic E-state index is 0.0844. The van der Waals surface area contributed by atoms with E-state index >= 15 is 0 Å². The van der Waals surface area contributed by atoms with Crippen molar-refractivity contribution in [3.63, 3.8) is 0 Å². The lowest BCUT2D eigenvalue weighted by Gasteiger charge is -2.24. The summed E-state index contributed by atoms with van der Waals surface area (Å²) in [6.45, 7) is 8.52. The number of likely N-dealkylation sites (N-methyl/N-ethyl adjacent to an activating group) is 1. The number of hydrogen-bond acceptors (Lipinski definition) is 2. The third-order valence-electron chi connectivity index (χ3n) is 3.61. The summed E-state index contributed by atoms with van der Waals surface area (Å²) in [5, 5.41) is 0. The summed E-state index contributed by atoms with van der Waals surface area (Å²) in [5.74, 6) is 0.651. The molecule has 1 unspecified atom stereocenters. The maximum absolute atomic E-state index is 12.8. The minimum Gasteiger partial charge on any atom is -0.297 e. The van der Waals surface area contributed by atoms with Crippen LogP contribution < -0.4 is 4.90 Å². The Hall–Kier alpha value is -2.16. The van der Waals surface area contributed by atoms with Crippen molar-refractivity contribution in [2.45, 2.75) is 33.6 Å². The highest BCUT2D eigenvalue weighted by molar-refractivity contribution is 5.97. The fourth-order valence-corrected chi connectivity index (χ4v) is 2.51. The van der Waals surface area contributed by atoms with Gasteiger partial charge in [-0.15, -0.1) is 0 Å². The van der Waals surface area contributed by atoms with Crippen LogP contribution in [0.25, 0.3) is 0 Å². The largest absolute Gasteiger partial charge is 0.297 e. The Balaban J connectivity index is 2.30. The monoisotopic (exact) mass is 282 g/mol. The molecule has 0 aliphatic heterocycles. The highest BCUT2D eigenvalue weighted by atomic mass is 16.2. The van der Waals surface area contributed by atoms with Crippen LogP contribution >= 0.6 is 0 Å². The molecule has 1 aromatic carbocycles. The van der Waals surface area contributed by atoms with E-state index in [1.807, 2.05) is 70.2 Å². The first-order valence-electron chi connectivity index (χ1n) is 7.34. The molecule has 1 heterocycles. The second kappa shape index (κ2) is 6.53. The molecule has 21 heavy (non-hydrogen) atoms. The van der Waals surface area contributed by atoms with Gasteiger partial charge in [0.25, 0.3) is 0 Å². The number of carbonyl (C=O) groups is 1. The second-order valence-electron chi connectivity index (χ2n) is 5.36. The SMILES string of the molecule is CCN(C(=O)C(C)c1ccccc1)c1cc(C)cc(C)n1. The van der Waals surface area contributed by atoms with Gasteiger partial charge in [-0.05, 0) is 51.0 Å². The molecule has 0 saturated carbocycles. The number of benzene rings is 1. The Labute approximate surface area is 126 Å². The van der Waals surface area contributed by atoms with Gasteiger partial charge in [-0.3, -0.25) is 9.69 Å². The maximum atomic E-state index is 12.8. The topological polar surface area (TPSA) is 33.2 Å². The molecule has 0 spiro atoms. The molecule has 2 aromatic rings. The zero-order chi connectivity index (χ0) is 15.4. The normalized spacial score (nSPS) is 12.0. The first-order chi connectivity index (χ1) is 10.0. The summed E-state index contributed by atoms with van der Waals surface area (Å²) in [4.78, 5) is 19.1. The van der Waals surface area contributed by atoms with Crippen LogP contribution in [0.3, 0.4) is 0 Å². The smallest absolute Gasteiger partial charge is 0.235 e. The van der Waals surface area contributed by atoms with Crippen molar-refractivity contribution in [2.24, 2.45) is 0 Å². The molecule has 1 aromatic heterocycles. The maximum Gasteiger partial charge on any atom is 0.235 e.